The highest BCUT2D eigenvalue weighted by Gasteiger charge is 2.50. The maximum atomic E-state index is 13.6. The van der Waals surface area contributed by atoms with Crippen LogP contribution in [0.5, 0.6) is 11.5 Å². The summed E-state index contributed by atoms with van der Waals surface area (Å²) in [6.07, 6.45) is -4.52. The van der Waals surface area contributed by atoms with Crippen molar-refractivity contribution < 1.29 is 58.9 Å². The minimum Gasteiger partial charge on any atom is -0.507 e. The highest BCUT2D eigenvalue weighted by Crippen LogP contribution is 2.46. The lowest BCUT2D eigenvalue weighted by Crippen LogP contribution is -2.61. The second-order valence-corrected chi connectivity index (χ2v) is 12.2. The maximum absolute atomic E-state index is 13.6. The van der Waals surface area contributed by atoms with Crippen LogP contribution in [0.25, 0.3) is 0 Å². The second kappa shape index (κ2) is 10.7. The largest absolute Gasteiger partial charge is 0.507 e. The molecule has 3 fully saturated rings. The van der Waals surface area contributed by atoms with Crippen molar-refractivity contribution in [1.82, 2.24) is 0 Å². The number of carboxylic acids is 1. The quantitative estimate of drug-likeness (QED) is 0.288. The minimum atomic E-state index is -1.71. The molecule has 3 aliphatic heterocycles. The first-order valence-electron chi connectivity index (χ1n) is 14.3. The van der Waals surface area contributed by atoms with Gasteiger partial charge in [0.05, 0.1) is 53.7 Å². The van der Waals surface area contributed by atoms with E-state index in [4.69, 9.17) is 24.1 Å². The molecule has 6 rings (SSSR count). The summed E-state index contributed by atoms with van der Waals surface area (Å²) in [5, 5.41) is 52.1. The number of fused-ring (bicyclic) bond motifs is 4. The van der Waals surface area contributed by atoms with E-state index >= 15 is 0 Å². The van der Waals surface area contributed by atoms with Crippen molar-refractivity contribution in [2.75, 3.05) is 0 Å². The van der Waals surface area contributed by atoms with E-state index in [0.29, 0.717) is 12.0 Å². The number of aliphatic carboxylic acids is 1. The van der Waals surface area contributed by atoms with Crippen LogP contribution in [-0.4, -0.2) is 91.6 Å². The predicted molar refractivity (Wildman–Crippen MR) is 146 cm³/mol. The van der Waals surface area contributed by atoms with Gasteiger partial charge in [-0.3, -0.25) is 14.4 Å². The molecule has 0 aromatic heterocycles. The fourth-order valence-corrected chi connectivity index (χ4v) is 6.67. The number of phenols is 2. The van der Waals surface area contributed by atoms with E-state index in [1.165, 1.54) is 31.2 Å². The molecular weight excluding hydrogens is 564 g/mol. The Morgan fingerprint density at radius 1 is 0.884 bits per heavy atom. The van der Waals surface area contributed by atoms with Gasteiger partial charge in [0.1, 0.15) is 23.7 Å². The summed E-state index contributed by atoms with van der Waals surface area (Å²) < 4.78 is 24.4. The number of hydrogen-bond acceptors (Lipinski definition) is 11. The lowest BCUT2D eigenvalue weighted by atomic mass is 9.79. The van der Waals surface area contributed by atoms with Crippen molar-refractivity contribution in [2.45, 2.75) is 101 Å². The number of aromatic hydroxyl groups is 2. The summed E-state index contributed by atoms with van der Waals surface area (Å²) >= 11 is 0. The molecule has 12 heteroatoms. The Kier molecular flexibility index (Phi) is 7.35. The van der Waals surface area contributed by atoms with Gasteiger partial charge >= 0.3 is 5.97 Å². The van der Waals surface area contributed by atoms with Crippen molar-refractivity contribution >= 4 is 17.5 Å². The number of phenolic OH excluding ortho intramolecular Hbond substituents is 2. The van der Waals surface area contributed by atoms with Crippen LogP contribution >= 0.6 is 0 Å². The third-order valence-corrected chi connectivity index (χ3v) is 8.83. The van der Waals surface area contributed by atoms with E-state index in [9.17, 15) is 34.8 Å². The molecule has 0 unspecified atom stereocenters. The average Bonchev–Trinajstić information content (AvgIpc) is 2.91. The van der Waals surface area contributed by atoms with Crippen molar-refractivity contribution in [3.05, 3.63) is 57.6 Å². The topological polar surface area (TPSA) is 189 Å². The third-order valence-electron chi connectivity index (χ3n) is 8.83. The Hall–Kier alpha value is -3.39. The van der Waals surface area contributed by atoms with E-state index in [2.05, 4.69) is 0 Å². The number of carbonyl (C=O) groups is 3. The first-order valence-corrected chi connectivity index (χ1v) is 14.3. The SMILES string of the molecule is C[C@@H]1O[C@@H]2O[C@H]3[C@@H](C)O[C@@H](c4ccc5c(c4O)C(=O)c4ccc(C[C@@](C)(O)CC(=O)O)c(O)c4C5=O)C[C@H]3O[C@@H]2C[C@@H]1O. The van der Waals surface area contributed by atoms with E-state index < -0.39 is 90.1 Å². The van der Waals surface area contributed by atoms with Gasteiger partial charge in [-0.15, -0.1) is 0 Å². The number of benzene rings is 2. The lowest BCUT2D eigenvalue weighted by molar-refractivity contribution is -0.365. The van der Waals surface area contributed by atoms with Gasteiger partial charge in [0.2, 0.25) is 0 Å². The average molecular weight is 599 g/mol. The first-order chi connectivity index (χ1) is 20.3. The standard InChI is InChI=1S/C31H34O12/c1-12-18(32)8-21-30(41-12)43-29-13(2)40-19(9-20(29)42-21)15-6-7-17-24(26(15)36)28(38)16-5-4-14(25(35)23(16)27(17)37)10-31(3,39)11-22(33)34/h4-7,12-13,18-21,29-30,32,35-36,39H,8-11H2,1-3H3,(H,33,34)/t12-,13+,18-,19+,20+,21+,29-,30+,31+/m0/s1. The van der Waals surface area contributed by atoms with Gasteiger partial charge in [0.25, 0.3) is 0 Å². The molecule has 0 radical (unpaired) electrons. The molecule has 0 saturated carbocycles. The van der Waals surface area contributed by atoms with Crippen LogP contribution in [0.3, 0.4) is 0 Å². The highest BCUT2D eigenvalue weighted by molar-refractivity contribution is 6.30. The van der Waals surface area contributed by atoms with Crippen LogP contribution in [0, 0.1) is 0 Å². The number of rotatable bonds is 5. The molecule has 0 spiro atoms. The zero-order chi connectivity index (χ0) is 31.0. The van der Waals surface area contributed by atoms with Gasteiger partial charge in [-0.05, 0) is 38.5 Å². The molecule has 1 aliphatic carbocycles. The summed E-state index contributed by atoms with van der Waals surface area (Å²) in [5.41, 5.74) is -2.02. The molecule has 5 N–H and O–H groups in total. The van der Waals surface area contributed by atoms with Gasteiger partial charge in [-0.25, -0.2) is 0 Å². The van der Waals surface area contributed by atoms with Crippen molar-refractivity contribution in [2.24, 2.45) is 0 Å². The molecule has 230 valence electrons. The Morgan fingerprint density at radius 3 is 2.21 bits per heavy atom. The van der Waals surface area contributed by atoms with Gasteiger partial charge < -0.3 is 44.5 Å². The Balaban J connectivity index is 1.28. The maximum Gasteiger partial charge on any atom is 0.306 e. The van der Waals surface area contributed by atoms with Crippen molar-refractivity contribution in [1.29, 1.82) is 0 Å². The van der Waals surface area contributed by atoms with Crippen LogP contribution in [0.1, 0.15) is 89.1 Å². The lowest BCUT2D eigenvalue weighted by Gasteiger charge is -2.50. The molecule has 9 atom stereocenters. The summed E-state index contributed by atoms with van der Waals surface area (Å²) in [7, 11) is 0. The number of ketones is 2. The monoisotopic (exact) mass is 598 g/mol. The predicted octanol–water partition coefficient (Wildman–Crippen LogP) is 2.14. The number of carbonyl (C=O) groups excluding carboxylic acids is 2. The molecule has 2 aromatic rings. The van der Waals surface area contributed by atoms with Gasteiger partial charge in [-0.2, -0.15) is 0 Å². The highest BCUT2D eigenvalue weighted by atomic mass is 16.7. The number of aliphatic hydroxyl groups is 2. The molecule has 12 nitrogen and oxygen atoms in total. The van der Waals surface area contributed by atoms with Crippen LogP contribution in [0.4, 0.5) is 0 Å². The summed E-state index contributed by atoms with van der Waals surface area (Å²) in [6, 6.07) is 5.59. The van der Waals surface area contributed by atoms with E-state index in [1.807, 2.05) is 6.92 Å². The van der Waals surface area contributed by atoms with Gasteiger partial charge in [0, 0.05) is 36.0 Å². The van der Waals surface area contributed by atoms with Crippen LogP contribution in [-0.2, 0) is 30.2 Å². The van der Waals surface area contributed by atoms with E-state index in [-0.39, 0.29) is 40.7 Å². The molecule has 3 saturated heterocycles. The zero-order valence-corrected chi connectivity index (χ0v) is 23.9. The normalized spacial score (nSPS) is 33.0. The number of aliphatic hydroxyl groups excluding tert-OH is 1. The van der Waals surface area contributed by atoms with Crippen LogP contribution in [0.2, 0.25) is 0 Å². The molecule has 43 heavy (non-hydrogen) atoms. The Labute approximate surface area is 246 Å². The van der Waals surface area contributed by atoms with Gasteiger partial charge in [0.15, 0.2) is 17.9 Å². The van der Waals surface area contributed by atoms with E-state index in [1.54, 1.807) is 6.92 Å². The fraction of sp³-hybridized carbons (Fsp3) is 0.516. The van der Waals surface area contributed by atoms with Crippen LogP contribution < -0.4 is 0 Å². The summed E-state index contributed by atoms with van der Waals surface area (Å²) in [6.45, 7) is 4.88. The second-order valence-electron chi connectivity index (χ2n) is 12.2. The van der Waals surface area contributed by atoms with Crippen LogP contribution in [0.15, 0.2) is 24.3 Å². The number of ether oxygens (including phenoxy) is 4. The zero-order valence-electron chi connectivity index (χ0n) is 23.9. The molecule has 3 heterocycles. The molecular formula is C31H34O12. The van der Waals surface area contributed by atoms with Crippen molar-refractivity contribution in [3.63, 3.8) is 0 Å². The Morgan fingerprint density at radius 2 is 1.53 bits per heavy atom. The smallest absolute Gasteiger partial charge is 0.306 e. The molecule has 2 aromatic carbocycles. The number of hydrogen-bond donors (Lipinski definition) is 5. The molecule has 0 bridgehead atoms. The van der Waals surface area contributed by atoms with E-state index in [0.717, 1.165) is 0 Å². The third kappa shape index (κ3) is 5.11. The Bertz CT molecular complexity index is 1500. The first kappa shape index (κ1) is 29.7. The summed E-state index contributed by atoms with van der Waals surface area (Å²) in [4.78, 5) is 38.3. The van der Waals surface area contributed by atoms with Gasteiger partial charge in [-0.1, -0.05) is 12.1 Å². The molecule has 4 aliphatic rings. The molecule has 0 amide bonds. The fourth-order valence-electron chi connectivity index (χ4n) is 6.67. The number of carboxylic acid groups (broad SMARTS) is 1. The summed E-state index contributed by atoms with van der Waals surface area (Å²) in [5.74, 6) is -3.53. The minimum absolute atomic E-state index is 0.104. The van der Waals surface area contributed by atoms with Crippen molar-refractivity contribution in [3.8, 4) is 11.5 Å².